The molecule has 2 nitrogen and oxygen atoms in total. The minimum Gasteiger partial charge on any atom is -0.311 e. The quantitative estimate of drug-likeness (QED) is 0.100. The third kappa shape index (κ3) is 12.5. The zero-order valence-corrected chi connectivity index (χ0v) is 61.2. The van der Waals surface area contributed by atoms with Gasteiger partial charge in [0.05, 0.1) is 0 Å². The first kappa shape index (κ1) is 66.1. The van der Waals surface area contributed by atoms with Crippen molar-refractivity contribution in [2.24, 2.45) is 0 Å². The van der Waals surface area contributed by atoms with Gasteiger partial charge in [-0.05, 0) is 246 Å². The Bertz CT molecular complexity index is 5590. The van der Waals surface area contributed by atoms with Gasteiger partial charge in [-0.1, -0.05) is 348 Å². The molecule has 0 spiro atoms. The van der Waals surface area contributed by atoms with E-state index in [0.29, 0.717) is 0 Å². The lowest BCUT2D eigenvalue weighted by atomic mass is 9.33. The van der Waals surface area contributed by atoms with Gasteiger partial charge in [0.15, 0.2) is 0 Å². The maximum absolute atomic E-state index is 2.65. The van der Waals surface area contributed by atoms with Crippen molar-refractivity contribution in [2.45, 2.75) is 26.2 Å². The summed E-state index contributed by atoms with van der Waals surface area (Å²) in [5.74, 6) is 0. The number of rotatable bonds is 14. The number of nitrogens with zero attached hydrogens (tertiary/aromatic N) is 2. The molecule has 0 atom stereocenters. The van der Waals surface area contributed by atoms with Gasteiger partial charge in [0.2, 0.25) is 0 Å². The molecule has 0 saturated heterocycles. The minimum atomic E-state index is -0.309. The van der Waals surface area contributed by atoms with Crippen molar-refractivity contribution in [3.05, 3.63) is 418 Å². The molecule has 0 aromatic heterocycles. The van der Waals surface area contributed by atoms with Gasteiger partial charge in [0.25, 0.3) is 6.71 Å². The summed E-state index contributed by atoms with van der Waals surface area (Å²) < 4.78 is 0. The third-order valence-corrected chi connectivity index (χ3v) is 22.1. The molecule has 2 aliphatic heterocycles. The molecular formula is C106H77BN2. The molecule has 0 fully saturated rings. The summed E-state index contributed by atoms with van der Waals surface area (Å²) >= 11 is 0. The van der Waals surface area contributed by atoms with Gasteiger partial charge < -0.3 is 9.80 Å². The molecule has 0 unspecified atom stereocenters. The smallest absolute Gasteiger partial charge is 0.252 e. The maximum atomic E-state index is 2.65. The number of benzene rings is 17. The highest BCUT2D eigenvalue weighted by molar-refractivity contribution is 7.00. The zero-order chi connectivity index (χ0) is 72.9. The van der Waals surface area contributed by atoms with Gasteiger partial charge in [0.1, 0.15) is 0 Å². The summed E-state index contributed by atoms with van der Waals surface area (Å²) in [6, 6.07) is 154. The van der Waals surface area contributed by atoms with E-state index in [-0.39, 0.29) is 12.1 Å². The Balaban J connectivity index is 0.930. The summed E-state index contributed by atoms with van der Waals surface area (Å²) in [7, 11) is 0. The predicted molar refractivity (Wildman–Crippen MR) is 464 cm³/mol. The molecule has 0 N–H and O–H groups in total. The molecule has 17 aromatic rings. The summed E-state index contributed by atoms with van der Waals surface area (Å²) in [6.07, 6.45) is 0. The molecule has 2 aliphatic rings. The van der Waals surface area contributed by atoms with E-state index < -0.39 is 0 Å². The molecule has 0 amide bonds. The fourth-order valence-corrected chi connectivity index (χ4v) is 16.9. The van der Waals surface area contributed by atoms with Gasteiger partial charge in [-0.2, -0.15) is 0 Å². The van der Waals surface area contributed by atoms with Crippen LogP contribution in [0.5, 0.6) is 0 Å². The van der Waals surface area contributed by atoms with Gasteiger partial charge >= 0.3 is 0 Å². The third-order valence-electron chi connectivity index (χ3n) is 22.1. The van der Waals surface area contributed by atoms with Crippen molar-refractivity contribution in [1.29, 1.82) is 0 Å². The van der Waals surface area contributed by atoms with Crippen LogP contribution in [0.2, 0.25) is 0 Å². The number of fused-ring (bicyclic) bond motifs is 4. The highest BCUT2D eigenvalue weighted by Crippen LogP contribution is 2.54. The van der Waals surface area contributed by atoms with Crippen LogP contribution in [0.3, 0.4) is 0 Å². The number of hydrogen-bond donors (Lipinski definition) is 0. The van der Waals surface area contributed by atoms with Crippen LogP contribution in [0, 0.1) is 0 Å². The summed E-state index contributed by atoms with van der Waals surface area (Å²) in [5, 5.41) is 0. The van der Waals surface area contributed by atoms with Crippen LogP contribution in [-0.4, -0.2) is 6.71 Å². The van der Waals surface area contributed by atoms with Crippen molar-refractivity contribution in [2.75, 3.05) is 9.80 Å². The second kappa shape index (κ2) is 28.0. The van der Waals surface area contributed by atoms with Crippen molar-refractivity contribution in [1.82, 2.24) is 0 Å². The summed E-state index contributed by atoms with van der Waals surface area (Å²) in [6.45, 7) is 6.92. The van der Waals surface area contributed by atoms with Crippen LogP contribution < -0.4 is 26.2 Å². The molecule has 0 radical (unpaired) electrons. The fourth-order valence-electron chi connectivity index (χ4n) is 16.9. The van der Waals surface area contributed by atoms with Gasteiger partial charge in [-0.15, -0.1) is 0 Å². The lowest BCUT2D eigenvalue weighted by molar-refractivity contribution is 0.590. The lowest BCUT2D eigenvalue weighted by Gasteiger charge is -2.45. The molecule has 3 heteroatoms. The molecule has 17 aromatic carbocycles. The van der Waals surface area contributed by atoms with E-state index in [1.165, 1.54) is 77.6 Å². The largest absolute Gasteiger partial charge is 0.311 e. The average Bonchev–Trinajstić information content (AvgIpc) is 0.690. The molecule has 19 rings (SSSR count). The van der Waals surface area contributed by atoms with Crippen LogP contribution >= 0.6 is 0 Å². The second-order valence-corrected chi connectivity index (χ2v) is 29.9. The Morgan fingerprint density at radius 1 is 0.193 bits per heavy atom. The van der Waals surface area contributed by atoms with Gasteiger partial charge in [-0.3, -0.25) is 0 Å². The first-order valence-electron chi connectivity index (χ1n) is 38.0. The van der Waals surface area contributed by atoms with E-state index in [4.69, 9.17) is 0 Å². The Hall–Kier alpha value is -13.6. The molecule has 109 heavy (non-hydrogen) atoms. The monoisotopic (exact) mass is 1390 g/mol. The first-order valence-corrected chi connectivity index (χ1v) is 38.0. The van der Waals surface area contributed by atoms with E-state index in [0.717, 1.165) is 112 Å². The molecular weight excluding hydrogens is 1310 g/mol. The average molecular weight is 1390 g/mol. The molecule has 0 bridgehead atoms. The molecule has 2 heterocycles. The molecule has 514 valence electrons. The van der Waals surface area contributed by atoms with E-state index in [2.05, 4.69) is 443 Å². The Morgan fingerprint density at radius 2 is 0.422 bits per heavy atom. The van der Waals surface area contributed by atoms with Crippen LogP contribution in [0.4, 0.5) is 34.1 Å². The Kier molecular flexibility index (Phi) is 17.0. The number of anilines is 6. The van der Waals surface area contributed by atoms with Crippen molar-refractivity contribution in [3.63, 3.8) is 0 Å². The van der Waals surface area contributed by atoms with Crippen LogP contribution in [-0.2, 0) is 5.41 Å². The minimum absolute atomic E-state index is 0.221. The highest BCUT2D eigenvalue weighted by Gasteiger charge is 2.45. The normalized spacial score (nSPS) is 12.1. The molecule has 0 saturated carbocycles. The highest BCUT2D eigenvalue weighted by atomic mass is 15.2. The summed E-state index contributed by atoms with van der Waals surface area (Å²) in [4.78, 5) is 5.30. The van der Waals surface area contributed by atoms with Crippen LogP contribution in [0.15, 0.2) is 413 Å². The second-order valence-electron chi connectivity index (χ2n) is 29.9. The topological polar surface area (TPSA) is 6.48 Å². The Morgan fingerprint density at radius 3 is 0.670 bits per heavy atom. The Labute approximate surface area is 640 Å². The first-order chi connectivity index (χ1) is 53.7. The van der Waals surface area contributed by atoms with Crippen molar-refractivity contribution >= 4 is 57.2 Å². The van der Waals surface area contributed by atoms with Crippen molar-refractivity contribution in [3.8, 4) is 134 Å². The zero-order valence-electron chi connectivity index (χ0n) is 61.2. The van der Waals surface area contributed by atoms with Gasteiger partial charge in [-0.25, -0.2) is 0 Å². The molecule has 0 aliphatic carbocycles. The van der Waals surface area contributed by atoms with E-state index >= 15 is 0 Å². The van der Waals surface area contributed by atoms with Gasteiger partial charge in [0, 0.05) is 34.1 Å². The maximum Gasteiger partial charge on any atom is 0.252 e. The van der Waals surface area contributed by atoms with E-state index in [1.807, 2.05) is 0 Å². The van der Waals surface area contributed by atoms with Crippen molar-refractivity contribution < 1.29 is 0 Å². The standard InChI is InChI=1S/C106H77BN2/c1-106(2,3)90-66-101-105-102(67-90)109(92-70-95(80-50-30-12-31-51-80)104(96(71-92)81-52-32-13-33-53-81)89-62-86(76-42-22-8-23-43-76)59-87(63-89)77-44-24-9-25-45-77)100-57-55-83(73-36-16-5-17-37-73)65-98(100)107(105)97-64-82(72-34-14-4-15-35-72)54-56-99(97)108(101)91-68-93(78-46-26-10-27-47-78)103(94(69-91)79-48-28-11-29-49-79)88-60-84(74-38-18-6-19-39-74)58-85(61-88)75-40-20-7-21-41-75/h4-71H,1-3H3. The fraction of sp³-hybridized carbons (Fsp3) is 0.0377. The predicted octanol–water partition coefficient (Wildman–Crippen LogP) is 27.1. The van der Waals surface area contributed by atoms with E-state index in [1.54, 1.807) is 0 Å². The summed E-state index contributed by atoms with van der Waals surface area (Å²) in [5.41, 5.74) is 39.0. The number of hydrogen-bond acceptors (Lipinski definition) is 2. The SMILES string of the molecule is CC(C)(C)c1cc2c3c(c1)N(c1cc(-c4ccccc4)c(-c4cc(-c5ccccc5)cc(-c5ccccc5)c4)c(-c4ccccc4)c1)c1ccc(-c4ccccc4)cc1B3c1cc(-c3ccccc3)ccc1N2c1cc(-c2ccccc2)c(-c2cc(-c3ccccc3)cc(-c3ccccc3)c2)c(-c2ccccc2)c1. The van der Waals surface area contributed by atoms with Crippen LogP contribution in [0.25, 0.3) is 134 Å². The van der Waals surface area contributed by atoms with Crippen LogP contribution in [0.1, 0.15) is 26.3 Å². The lowest BCUT2D eigenvalue weighted by Crippen LogP contribution is -2.61. The van der Waals surface area contributed by atoms with E-state index in [9.17, 15) is 0 Å².